The number of amides is 1. The molecule has 0 radical (unpaired) electrons. The number of carbonyl (C=O) groups is 1. The van der Waals surface area contributed by atoms with Gasteiger partial charge in [-0.1, -0.05) is 18.2 Å². The summed E-state index contributed by atoms with van der Waals surface area (Å²) >= 11 is 1.57. The molecule has 0 aliphatic carbocycles. The zero-order chi connectivity index (χ0) is 15.0. The fourth-order valence-corrected chi connectivity index (χ4v) is 3.35. The minimum Gasteiger partial charge on any atom is -0.355 e. The summed E-state index contributed by atoms with van der Waals surface area (Å²) in [7, 11) is -3.67. The molecule has 1 aromatic rings. The molecule has 0 spiro atoms. The first kappa shape index (κ1) is 17.0. The third kappa shape index (κ3) is 5.15. The summed E-state index contributed by atoms with van der Waals surface area (Å²) in [5.41, 5.74) is 0. The normalized spacial score (nSPS) is 12.9. The van der Waals surface area contributed by atoms with Crippen LogP contribution >= 0.6 is 11.8 Å². The molecule has 0 saturated carbocycles. The summed E-state index contributed by atoms with van der Waals surface area (Å²) in [5, 5.41) is 2.65. The molecule has 0 aliphatic rings. The van der Waals surface area contributed by atoms with Crippen LogP contribution in [0.15, 0.2) is 35.2 Å². The first-order valence-electron chi connectivity index (χ1n) is 6.35. The number of rotatable bonds is 8. The smallest absolute Gasteiger partial charge is 0.241 e. The van der Waals surface area contributed by atoms with Crippen molar-refractivity contribution in [2.45, 2.75) is 24.3 Å². The highest BCUT2D eigenvalue weighted by Gasteiger charge is 2.24. The molecule has 0 saturated heterocycles. The van der Waals surface area contributed by atoms with Gasteiger partial charge in [-0.05, 0) is 37.5 Å². The van der Waals surface area contributed by atoms with Crippen LogP contribution in [0.2, 0.25) is 0 Å². The summed E-state index contributed by atoms with van der Waals surface area (Å²) in [6.45, 7) is 2.27. The van der Waals surface area contributed by atoms with Crippen LogP contribution in [0.25, 0.3) is 0 Å². The Kier molecular flexibility index (Phi) is 7.04. The van der Waals surface area contributed by atoms with Gasteiger partial charge in [-0.15, -0.1) is 0 Å². The van der Waals surface area contributed by atoms with Crippen molar-refractivity contribution in [2.75, 3.05) is 18.6 Å². The maximum Gasteiger partial charge on any atom is 0.241 e. The van der Waals surface area contributed by atoms with Crippen molar-refractivity contribution in [3.05, 3.63) is 30.3 Å². The van der Waals surface area contributed by atoms with E-state index in [2.05, 4.69) is 10.0 Å². The second-order valence-electron chi connectivity index (χ2n) is 4.16. The molecule has 1 unspecified atom stereocenters. The fourth-order valence-electron chi connectivity index (χ4n) is 1.63. The lowest BCUT2D eigenvalue weighted by atomic mass is 10.2. The first-order valence-corrected chi connectivity index (χ1v) is 9.23. The number of nitrogens with one attached hydrogen (secondary N) is 2. The molecule has 0 aromatic heterocycles. The van der Waals surface area contributed by atoms with Gasteiger partial charge in [0.1, 0.15) is 6.04 Å². The van der Waals surface area contributed by atoms with Gasteiger partial charge in [0.25, 0.3) is 0 Å². The van der Waals surface area contributed by atoms with Gasteiger partial charge in [-0.2, -0.15) is 16.5 Å². The average molecular weight is 316 g/mol. The van der Waals surface area contributed by atoms with Gasteiger partial charge < -0.3 is 5.32 Å². The topological polar surface area (TPSA) is 75.3 Å². The second-order valence-corrected chi connectivity index (χ2v) is 6.86. The SMILES string of the molecule is CCNC(=O)C(CCSC)NS(=O)(=O)c1ccccc1. The van der Waals surface area contributed by atoms with Crippen molar-refractivity contribution >= 4 is 27.7 Å². The molecular weight excluding hydrogens is 296 g/mol. The van der Waals surface area contributed by atoms with E-state index < -0.39 is 16.1 Å². The fraction of sp³-hybridized carbons (Fsp3) is 0.462. The number of likely N-dealkylation sites (N-methyl/N-ethyl adjacent to an activating group) is 1. The van der Waals surface area contributed by atoms with E-state index in [0.29, 0.717) is 18.7 Å². The third-order valence-electron chi connectivity index (χ3n) is 2.63. The molecule has 7 heteroatoms. The highest BCUT2D eigenvalue weighted by atomic mass is 32.2. The van der Waals surface area contributed by atoms with E-state index in [1.54, 1.807) is 36.9 Å². The highest BCUT2D eigenvalue weighted by molar-refractivity contribution is 7.98. The number of carbonyl (C=O) groups excluding carboxylic acids is 1. The van der Waals surface area contributed by atoms with E-state index in [9.17, 15) is 13.2 Å². The lowest BCUT2D eigenvalue weighted by Gasteiger charge is -2.17. The van der Waals surface area contributed by atoms with E-state index in [4.69, 9.17) is 0 Å². The number of hydrogen-bond acceptors (Lipinski definition) is 4. The van der Waals surface area contributed by atoms with E-state index in [1.165, 1.54) is 12.1 Å². The van der Waals surface area contributed by atoms with Crippen LogP contribution in [-0.4, -0.2) is 38.9 Å². The van der Waals surface area contributed by atoms with Crippen molar-refractivity contribution in [3.63, 3.8) is 0 Å². The van der Waals surface area contributed by atoms with Gasteiger partial charge in [0.2, 0.25) is 15.9 Å². The molecular formula is C13H20N2O3S2. The molecule has 112 valence electrons. The number of benzene rings is 1. The number of sulfonamides is 1. The molecule has 5 nitrogen and oxygen atoms in total. The van der Waals surface area contributed by atoms with Gasteiger partial charge in [-0.25, -0.2) is 8.42 Å². The Morgan fingerprint density at radius 2 is 1.95 bits per heavy atom. The van der Waals surface area contributed by atoms with Crippen LogP contribution in [0, 0.1) is 0 Å². The molecule has 1 atom stereocenters. The van der Waals surface area contributed by atoms with E-state index >= 15 is 0 Å². The van der Waals surface area contributed by atoms with Crippen molar-refractivity contribution in [2.24, 2.45) is 0 Å². The maximum absolute atomic E-state index is 12.2. The summed E-state index contributed by atoms with van der Waals surface area (Å²) in [5.74, 6) is 0.417. The molecule has 0 fully saturated rings. The van der Waals surface area contributed by atoms with Crippen LogP contribution in [0.3, 0.4) is 0 Å². The minimum atomic E-state index is -3.67. The maximum atomic E-state index is 12.2. The van der Waals surface area contributed by atoms with Gasteiger partial charge >= 0.3 is 0 Å². The van der Waals surface area contributed by atoms with Gasteiger partial charge in [0.05, 0.1) is 4.90 Å². The van der Waals surface area contributed by atoms with E-state index in [0.717, 1.165) is 0 Å². The quantitative estimate of drug-likeness (QED) is 0.756. The lowest BCUT2D eigenvalue weighted by molar-refractivity contribution is -0.122. The summed E-state index contributed by atoms with van der Waals surface area (Å²) in [6, 6.07) is 7.31. The highest BCUT2D eigenvalue weighted by Crippen LogP contribution is 2.10. The molecule has 2 N–H and O–H groups in total. The second kappa shape index (κ2) is 8.28. The van der Waals surface area contributed by atoms with Crippen molar-refractivity contribution in [1.29, 1.82) is 0 Å². The summed E-state index contributed by atoms with van der Waals surface area (Å²) in [6.07, 6.45) is 2.37. The molecule has 0 heterocycles. The first-order chi connectivity index (χ1) is 9.51. The molecule has 20 heavy (non-hydrogen) atoms. The molecule has 1 aromatic carbocycles. The Morgan fingerprint density at radius 3 is 2.50 bits per heavy atom. The standard InChI is InChI=1S/C13H20N2O3S2/c1-3-14-13(16)12(9-10-19-2)15-20(17,18)11-7-5-4-6-8-11/h4-8,12,15H,3,9-10H2,1-2H3,(H,14,16). The monoisotopic (exact) mass is 316 g/mol. The zero-order valence-electron chi connectivity index (χ0n) is 11.6. The molecule has 0 bridgehead atoms. The average Bonchev–Trinajstić information content (AvgIpc) is 2.44. The molecule has 1 rings (SSSR count). The summed E-state index contributed by atoms with van der Waals surface area (Å²) < 4.78 is 26.9. The lowest BCUT2D eigenvalue weighted by Crippen LogP contribution is -2.46. The number of thioether (sulfide) groups is 1. The Labute approximate surface area is 124 Å². The van der Waals surface area contributed by atoms with Gasteiger partial charge in [0.15, 0.2) is 0 Å². The molecule has 1 amide bonds. The van der Waals surface area contributed by atoms with Crippen LogP contribution in [0.5, 0.6) is 0 Å². The van der Waals surface area contributed by atoms with Gasteiger partial charge in [-0.3, -0.25) is 4.79 Å². The van der Waals surface area contributed by atoms with E-state index in [1.807, 2.05) is 6.26 Å². The van der Waals surface area contributed by atoms with E-state index in [-0.39, 0.29) is 10.8 Å². The number of hydrogen-bond donors (Lipinski definition) is 2. The van der Waals surface area contributed by atoms with Crippen LogP contribution < -0.4 is 10.0 Å². The Hall–Kier alpha value is -1.05. The summed E-state index contributed by atoms with van der Waals surface area (Å²) in [4.78, 5) is 12.1. The van der Waals surface area contributed by atoms with Crippen LogP contribution in [-0.2, 0) is 14.8 Å². The molecule has 0 aliphatic heterocycles. The Morgan fingerprint density at radius 1 is 1.30 bits per heavy atom. The Bertz CT molecular complexity index is 518. The third-order valence-corrected chi connectivity index (χ3v) is 4.76. The van der Waals surface area contributed by atoms with Crippen LogP contribution in [0.1, 0.15) is 13.3 Å². The predicted octanol–water partition coefficient (Wildman–Crippen LogP) is 1.22. The van der Waals surface area contributed by atoms with Gasteiger partial charge in [0, 0.05) is 6.54 Å². The van der Waals surface area contributed by atoms with Crippen LogP contribution in [0.4, 0.5) is 0 Å². The largest absolute Gasteiger partial charge is 0.355 e. The zero-order valence-corrected chi connectivity index (χ0v) is 13.3. The minimum absolute atomic E-state index is 0.165. The van der Waals surface area contributed by atoms with Crippen molar-refractivity contribution in [3.8, 4) is 0 Å². The Balaban J connectivity index is 2.85. The van der Waals surface area contributed by atoms with Crippen molar-refractivity contribution in [1.82, 2.24) is 10.0 Å². The predicted molar refractivity (Wildman–Crippen MR) is 82.2 cm³/mol. The van der Waals surface area contributed by atoms with Crippen molar-refractivity contribution < 1.29 is 13.2 Å².